The summed E-state index contributed by atoms with van der Waals surface area (Å²) < 4.78 is 12.0. The van der Waals surface area contributed by atoms with Crippen molar-refractivity contribution in [2.75, 3.05) is 0 Å². The molecule has 0 atom stereocenters. The van der Waals surface area contributed by atoms with E-state index < -0.39 is 7.80 Å². The fourth-order valence-electron chi connectivity index (χ4n) is 1.28. The van der Waals surface area contributed by atoms with Crippen molar-refractivity contribution in [2.24, 2.45) is 0 Å². The Kier molecular flexibility index (Phi) is 4.14. The van der Waals surface area contributed by atoms with Crippen molar-refractivity contribution < 1.29 is 9.27 Å². The Hall–Kier alpha value is -1.53. The van der Waals surface area contributed by atoms with Crippen molar-refractivity contribution in [3.63, 3.8) is 0 Å². The molecule has 0 aromatic heterocycles. The zero-order valence-corrected chi connectivity index (χ0v) is 8.93. The molecule has 2 aromatic carbocycles. The molecule has 0 saturated heterocycles. The molecule has 0 heterocycles. The largest absolute Gasteiger partial charge is 0.415 e. The minimum Gasteiger partial charge on any atom is -0.269 e. The molecule has 0 spiro atoms. The lowest BCUT2D eigenvalue weighted by atomic mass is 10.4. The normalized spacial score (nSPS) is 9.07. The smallest absolute Gasteiger partial charge is 0.269 e. The Morgan fingerprint density at radius 2 is 1.00 bits per heavy atom. The molecule has 0 fully saturated rings. The van der Waals surface area contributed by atoms with Crippen LogP contribution in [0.3, 0.4) is 0 Å². The van der Waals surface area contributed by atoms with Gasteiger partial charge >= 0.3 is 7.80 Å². The molecule has 1 nitrogen and oxygen atoms in total. The standard InChI is InChI=1S/C12H10OP.FH/c13-14(11-7-3-1-4-8-11)12-9-5-2-6-10-12;/h1-10H;1H/q+1;. The lowest BCUT2D eigenvalue weighted by Crippen LogP contribution is -2.04. The van der Waals surface area contributed by atoms with Crippen LogP contribution in [0.2, 0.25) is 0 Å². The number of hydrogen-bond donors (Lipinski definition) is 0. The SMILES string of the molecule is F.O=[P+](c1ccccc1)c1ccccc1. The fourth-order valence-corrected chi connectivity index (χ4v) is 2.46. The topological polar surface area (TPSA) is 17.1 Å². The van der Waals surface area contributed by atoms with Gasteiger partial charge in [-0.05, 0) is 24.3 Å². The number of halogens is 1. The maximum Gasteiger partial charge on any atom is 0.415 e. The number of hydrogen-bond acceptors (Lipinski definition) is 1. The van der Waals surface area contributed by atoms with Gasteiger partial charge < -0.3 is 0 Å². The van der Waals surface area contributed by atoms with E-state index in [1.165, 1.54) is 0 Å². The summed E-state index contributed by atoms with van der Waals surface area (Å²) in [6.45, 7) is 0. The summed E-state index contributed by atoms with van der Waals surface area (Å²) in [5, 5.41) is 1.77. The van der Waals surface area contributed by atoms with Crippen molar-refractivity contribution in [3.8, 4) is 0 Å². The van der Waals surface area contributed by atoms with E-state index in [1.54, 1.807) is 0 Å². The fraction of sp³-hybridized carbons (Fsp3) is 0. The summed E-state index contributed by atoms with van der Waals surface area (Å²) in [5.41, 5.74) is 0. The Morgan fingerprint density at radius 3 is 1.33 bits per heavy atom. The van der Waals surface area contributed by atoms with E-state index >= 15 is 0 Å². The summed E-state index contributed by atoms with van der Waals surface area (Å²) in [6.07, 6.45) is 0. The minimum absolute atomic E-state index is 0. The summed E-state index contributed by atoms with van der Waals surface area (Å²) in [6, 6.07) is 19.1. The minimum atomic E-state index is -1.42. The van der Waals surface area contributed by atoms with Gasteiger partial charge in [0.1, 0.15) is 0 Å². The Balaban J connectivity index is 0.00000112. The van der Waals surface area contributed by atoms with Gasteiger partial charge in [0.25, 0.3) is 0 Å². The third-order valence-corrected chi connectivity index (χ3v) is 3.52. The highest BCUT2D eigenvalue weighted by Crippen LogP contribution is 2.18. The second kappa shape index (κ2) is 5.38. The first-order valence-electron chi connectivity index (χ1n) is 4.45. The van der Waals surface area contributed by atoms with E-state index in [0.29, 0.717) is 0 Å². The van der Waals surface area contributed by atoms with E-state index in [2.05, 4.69) is 0 Å². The van der Waals surface area contributed by atoms with Gasteiger partial charge in [-0.1, -0.05) is 41.0 Å². The highest BCUT2D eigenvalue weighted by Gasteiger charge is 2.21. The molecule has 2 aromatic rings. The van der Waals surface area contributed by atoms with E-state index in [9.17, 15) is 4.57 Å². The quantitative estimate of drug-likeness (QED) is 0.712. The van der Waals surface area contributed by atoms with Gasteiger partial charge in [0, 0.05) is 0 Å². The number of benzene rings is 2. The zero-order valence-electron chi connectivity index (χ0n) is 8.04. The van der Waals surface area contributed by atoms with Gasteiger partial charge in [0.15, 0.2) is 10.6 Å². The summed E-state index contributed by atoms with van der Waals surface area (Å²) in [4.78, 5) is 0. The van der Waals surface area contributed by atoms with Crippen molar-refractivity contribution in [3.05, 3.63) is 60.7 Å². The van der Waals surface area contributed by atoms with Crippen molar-refractivity contribution in [1.82, 2.24) is 0 Å². The monoisotopic (exact) mass is 221 g/mol. The third-order valence-electron chi connectivity index (χ3n) is 1.98. The van der Waals surface area contributed by atoms with E-state index in [0.717, 1.165) is 10.6 Å². The molecule has 0 radical (unpaired) electrons. The van der Waals surface area contributed by atoms with E-state index in [-0.39, 0.29) is 4.70 Å². The molecule has 15 heavy (non-hydrogen) atoms. The van der Waals surface area contributed by atoms with Gasteiger partial charge in [-0.3, -0.25) is 4.70 Å². The molecule has 0 aliphatic rings. The first-order valence-corrected chi connectivity index (χ1v) is 5.71. The van der Waals surface area contributed by atoms with Crippen LogP contribution < -0.4 is 10.6 Å². The molecule has 0 aliphatic heterocycles. The van der Waals surface area contributed by atoms with Gasteiger partial charge in [0.2, 0.25) is 0 Å². The van der Waals surface area contributed by atoms with Crippen LogP contribution in [0.1, 0.15) is 0 Å². The molecule has 0 amide bonds. The molecular formula is C12H11FOP+. The molecule has 0 bridgehead atoms. The Labute approximate surface area is 88.9 Å². The zero-order chi connectivity index (χ0) is 9.80. The van der Waals surface area contributed by atoms with Crippen LogP contribution in [-0.4, -0.2) is 0 Å². The van der Waals surface area contributed by atoms with Crippen LogP contribution in [0.15, 0.2) is 60.7 Å². The molecule has 0 N–H and O–H groups in total. The van der Waals surface area contributed by atoms with Crippen LogP contribution in [0.4, 0.5) is 4.70 Å². The first-order chi connectivity index (χ1) is 6.88. The van der Waals surface area contributed by atoms with Crippen LogP contribution in [0.5, 0.6) is 0 Å². The van der Waals surface area contributed by atoms with E-state index in [1.807, 2.05) is 60.7 Å². The Bertz CT molecular complexity index is 386. The summed E-state index contributed by atoms with van der Waals surface area (Å²) in [7, 11) is -1.42. The second-order valence-electron chi connectivity index (χ2n) is 2.97. The molecule has 3 heteroatoms. The summed E-state index contributed by atoms with van der Waals surface area (Å²) >= 11 is 0. The van der Waals surface area contributed by atoms with Crippen LogP contribution in [-0.2, 0) is 4.57 Å². The molecular weight excluding hydrogens is 210 g/mol. The van der Waals surface area contributed by atoms with Gasteiger partial charge in [-0.2, -0.15) is 0 Å². The maximum atomic E-state index is 12.0. The first kappa shape index (κ1) is 11.5. The highest BCUT2D eigenvalue weighted by molar-refractivity contribution is 7.61. The lowest BCUT2D eigenvalue weighted by molar-refractivity contribution is 0.598. The molecule has 2 rings (SSSR count). The average Bonchev–Trinajstić information content (AvgIpc) is 2.30. The maximum absolute atomic E-state index is 12.0. The third kappa shape index (κ3) is 2.71. The van der Waals surface area contributed by atoms with Crippen LogP contribution in [0, 0.1) is 0 Å². The highest BCUT2D eigenvalue weighted by atomic mass is 31.1. The molecule has 0 aliphatic carbocycles. The van der Waals surface area contributed by atoms with Gasteiger partial charge in [0.05, 0.1) is 0 Å². The lowest BCUT2D eigenvalue weighted by Gasteiger charge is -1.87. The molecule has 0 saturated carbocycles. The van der Waals surface area contributed by atoms with Gasteiger partial charge in [-0.15, -0.1) is 0 Å². The predicted octanol–water partition coefficient (Wildman–Crippen LogP) is 2.62. The second-order valence-corrected chi connectivity index (χ2v) is 4.59. The average molecular weight is 221 g/mol. The van der Waals surface area contributed by atoms with Crippen molar-refractivity contribution in [1.29, 1.82) is 0 Å². The van der Waals surface area contributed by atoms with Crippen molar-refractivity contribution >= 4 is 18.4 Å². The van der Waals surface area contributed by atoms with Crippen LogP contribution in [0.25, 0.3) is 0 Å². The Morgan fingerprint density at radius 1 is 0.667 bits per heavy atom. The van der Waals surface area contributed by atoms with Crippen LogP contribution >= 0.6 is 7.80 Å². The molecule has 76 valence electrons. The van der Waals surface area contributed by atoms with Gasteiger partial charge in [-0.25, -0.2) is 0 Å². The van der Waals surface area contributed by atoms with E-state index in [4.69, 9.17) is 0 Å². The van der Waals surface area contributed by atoms with Crippen molar-refractivity contribution in [2.45, 2.75) is 0 Å². The molecule has 0 unspecified atom stereocenters. The number of rotatable bonds is 2. The predicted molar refractivity (Wildman–Crippen MR) is 62.3 cm³/mol. The summed E-state index contributed by atoms with van der Waals surface area (Å²) in [5.74, 6) is 0.